The maximum absolute atomic E-state index is 11.9. The number of aromatic nitrogens is 2. The van der Waals surface area contributed by atoms with Crippen molar-refractivity contribution in [2.24, 2.45) is 5.10 Å². The van der Waals surface area contributed by atoms with Gasteiger partial charge in [0.05, 0.1) is 11.8 Å². The Kier molecular flexibility index (Phi) is 4.22. The first-order valence-corrected chi connectivity index (χ1v) is 7.53. The number of benzene rings is 1. The van der Waals surface area contributed by atoms with Gasteiger partial charge in [0.25, 0.3) is 5.91 Å². The average Bonchev–Trinajstić information content (AvgIpc) is 2.90. The number of pyridine rings is 1. The van der Waals surface area contributed by atoms with E-state index in [0.717, 1.165) is 20.9 Å². The molecule has 2 N–H and O–H groups in total. The van der Waals surface area contributed by atoms with Crippen molar-refractivity contribution >= 4 is 50.6 Å². The Hall–Kier alpha value is -2.18. The first-order valence-electron chi connectivity index (χ1n) is 6.36. The van der Waals surface area contributed by atoms with E-state index in [1.54, 1.807) is 18.3 Å². The second-order valence-electron chi connectivity index (χ2n) is 4.47. The summed E-state index contributed by atoms with van der Waals surface area (Å²) in [6.45, 7) is 0. The molecule has 2 heterocycles. The van der Waals surface area contributed by atoms with Crippen LogP contribution in [0.15, 0.2) is 52.3 Å². The van der Waals surface area contributed by atoms with Gasteiger partial charge in [-0.3, -0.25) is 4.79 Å². The molecule has 3 rings (SSSR count). The second-order valence-corrected chi connectivity index (χ2v) is 5.75. The van der Waals surface area contributed by atoms with Crippen LogP contribution in [-0.2, 0) is 0 Å². The van der Waals surface area contributed by atoms with Crippen molar-refractivity contribution in [2.45, 2.75) is 0 Å². The van der Waals surface area contributed by atoms with E-state index in [2.05, 4.69) is 36.4 Å². The SMILES string of the molecule is O=C(NN=Cc1c[nH]c2ccc(Br)cc12)c1cccnc1Cl. The molecule has 3 aromatic rings. The monoisotopic (exact) mass is 376 g/mol. The summed E-state index contributed by atoms with van der Waals surface area (Å²) in [6, 6.07) is 9.12. The van der Waals surface area contributed by atoms with Crippen LogP contribution in [-0.4, -0.2) is 22.1 Å². The normalized spacial score (nSPS) is 11.2. The number of hydrogen-bond acceptors (Lipinski definition) is 3. The van der Waals surface area contributed by atoms with Gasteiger partial charge in [0.1, 0.15) is 5.15 Å². The fourth-order valence-corrected chi connectivity index (χ4v) is 2.56. The number of carbonyl (C=O) groups excluding carboxylic acids is 1. The van der Waals surface area contributed by atoms with Gasteiger partial charge in [-0.2, -0.15) is 5.10 Å². The molecule has 0 radical (unpaired) electrons. The molecule has 0 aliphatic rings. The van der Waals surface area contributed by atoms with Crippen LogP contribution in [0, 0.1) is 0 Å². The molecule has 0 unspecified atom stereocenters. The van der Waals surface area contributed by atoms with Crippen LogP contribution in [0.3, 0.4) is 0 Å². The highest BCUT2D eigenvalue weighted by Crippen LogP contribution is 2.21. The van der Waals surface area contributed by atoms with E-state index >= 15 is 0 Å². The van der Waals surface area contributed by atoms with E-state index in [1.807, 2.05) is 24.4 Å². The Morgan fingerprint density at radius 1 is 1.41 bits per heavy atom. The van der Waals surface area contributed by atoms with Gasteiger partial charge < -0.3 is 4.98 Å². The Balaban J connectivity index is 1.78. The molecular formula is C15H10BrClN4O. The van der Waals surface area contributed by atoms with Crippen LogP contribution in [0.5, 0.6) is 0 Å². The van der Waals surface area contributed by atoms with E-state index in [4.69, 9.17) is 11.6 Å². The lowest BCUT2D eigenvalue weighted by Gasteiger charge is -2.00. The Bertz CT molecular complexity index is 875. The van der Waals surface area contributed by atoms with Gasteiger partial charge in [-0.05, 0) is 30.3 Å². The molecule has 0 saturated heterocycles. The molecule has 5 nitrogen and oxygen atoms in total. The quantitative estimate of drug-likeness (QED) is 0.415. The summed E-state index contributed by atoms with van der Waals surface area (Å²) in [5, 5.41) is 5.12. The third-order valence-corrected chi connectivity index (χ3v) is 3.84. The number of carbonyl (C=O) groups is 1. The average molecular weight is 378 g/mol. The van der Waals surface area contributed by atoms with E-state index in [9.17, 15) is 4.79 Å². The number of H-pyrrole nitrogens is 1. The molecule has 0 spiro atoms. The van der Waals surface area contributed by atoms with Crippen molar-refractivity contribution in [3.05, 3.63) is 63.5 Å². The van der Waals surface area contributed by atoms with Crippen LogP contribution >= 0.6 is 27.5 Å². The third-order valence-electron chi connectivity index (χ3n) is 3.05. The molecule has 2 aromatic heterocycles. The minimum atomic E-state index is -0.407. The van der Waals surface area contributed by atoms with Crippen molar-refractivity contribution < 1.29 is 4.79 Å². The predicted molar refractivity (Wildman–Crippen MR) is 90.3 cm³/mol. The Morgan fingerprint density at radius 2 is 2.27 bits per heavy atom. The van der Waals surface area contributed by atoms with Gasteiger partial charge in [-0.25, -0.2) is 10.4 Å². The number of aromatic amines is 1. The zero-order valence-corrected chi connectivity index (χ0v) is 13.5. The maximum Gasteiger partial charge on any atom is 0.274 e. The van der Waals surface area contributed by atoms with Crippen LogP contribution in [0.1, 0.15) is 15.9 Å². The largest absolute Gasteiger partial charge is 0.361 e. The Labute approximate surface area is 139 Å². The van der Waals surface area contributed by atoms with Crippen molar-refractivity contribution in [1.29, 1.82) is 0 Å². The predicted octanol–water partition coefficient (Wildman–Crippen LogP) is 3.74. The summed E-state index contributed by atoms with van der Waals surface area (Å²) in [6.07, 6.45) is 4.92. The first-order chi connectivity index (χ1) is 10.6. The lowest BCUT2D eigenvalue weighted by atomic mass is 10.2. The second kappa shape index (κ2) is 6.29. The molecule has 0 saturated carbocycles. The molecule has 7 heteroatoms. The number of hydrazone groups is 1. The molecular weight excluding hydrogens is 368 g/mol. The van der Waals surface area contributed by atoms with Gasteiger partial charge in [0.15, 0.2) is 0 Å². The zero-order chi connectivity index (χ0) is 15.5. The minimum absolute atomic E-state index is 0.145. The number of hydrogen-bond donors (Lipinski definition) is 2. The van der Waals surface area contributed by atoms with Crippen LogP contribution in [0.4, 0.5) is 0 Å². The molecule has 0 atom stereocenters. The fraction of sp³-hybridized carbons (Fsp3) is 0. The highest BCUT2D eigenvalue weighted by atomic mass is 79.9. The molecule has 1 aromatic carbocycles. The molecule has 0 fully saturated rings. The number of halogens is 2. The summed E-state index contributed by atoms with van der Waals surface area (Å²) < 4.78 is 0.973. The Morgan fingerprint density at radius 3 is 3.09 bits per heavy atom. The molecule has 1 amide bonds. The van der Waals surface area contributed by atoms with Crippen molar-refractivity contribution in [1.82, 2.24) is 15.4 Å². The molecule has 0 aliphatic carbocycles. The summed E-state index contributed by atoms with van der Waals surface area (Å²) in [5.74, 6) is -0.407. The van der Waals surface area contributed by atoms with Crippen molar-refractivity contribution in [2.75, 3.05) is 0 Å². The number of amides is 1. The van der Waals surface area contributed by atoms with Gasteiger partial charge in [-0.1, -0.05) is 27.5 Å². The van der Waals surface area contributed by atoms with Crippen LogP contribution in [0.2, 0.25) is 5.15 Å². The van der Waals surface area contributed by atoms with Crippen molar-refractivity contribution in [3.63, 3.8) is 0 Å². The number of nitrogens with zero attached hydrogens (tertiary/aromatic N) is 2. The van der Waals surface area contributed by atoms with E-state index in [1.165, 1.54) is 6.20 Å². The van der Waals surface area contributed by atoms with Gasteiger partial charge in [0.2, 0.25) is 0 Å². The first kappa shape index (κ1) is 14.7. The summed E-state index contributed by atoms with van der Waals surface area (Å²) in [5.41, 5.74) is 4.58. The highest BCUT2D eigenvalue weighted by molar-refractivity contribution is 9.10. The van der Waals surface area contributed by atoms with Crippen LogP contribution < -0.4 is 5.43 Å². The third kappa shape index (κ3) is 3.03. The summed E-state index contributed by atoms with van der Waals surface area (Å²) in [7, 11) is 0. The number of nitrogens with one attached hydrogen (secondary N) is 2. The maximum atomic E-state index is 11.9. The lowest BCUT2D eigenvalue weighted by molar-refractivity contribution is 0.0955. The minimum Gasteiger partial charge on any atom is -0.361 e. The summed E-state index contributed by atoms with van der Waals surface area (Å²) in [4.78, 5) is 18.9. The number of fused-ring (bicyclic) bond motifs is 1. The molecule has 0 aliphatic heterocycles. The van der Waals surface area contributed by atoms with Crippen molar-refractivity contribution in [3.8, 4) is 0 Å². The summed E-state index contributed by atoms with van der Waals surface area (Å²) >= 11 is 9.29. The molecule has 22 heavy (non-hydrogen) atoms. The van der Waals surface area contributed by atoms with Gasteiger partial charge >= 0.3 is 0 Å². The highest BCUT2D eigenvalue weighted by Gasteiger charge is 2.09. The molecule has 0 bridgehead atoms. The zero-order valence-electron chi connectivity index (χ0n) is 11.2. The molecule has 110 valence electrons. The van der Waals surface area contributed by atoms with E-state index < -0.39 is 5.91 Å². The lowest BCUT2D eigenvalue weighted by Crippen LogP contribution is -2.18. The van der Waals surface area contributed by atoms with E-state index in [-0.39, 0.29) is 10.7 Å². The fourth-order valence-electron chi connectivity index (χ4n) is 2.00. The van der Waals surface area contributed by atoms with Gasteiger partial charge in [0, 0.05) is 33.3 Å². The number of rotatable bonds is 3. The standard InChI is InChI=1S/C15H10BrClN4O/c16-10-3-4-13-12(6-10)9(7-19-13)8-20-21-15(22)11-2-1-5-18-14(11)17/h1-8,19H,(H,21,22). The van der Waals surface area contributed by atoms with Gasteiger partial charge in [-0.15, -0.1) is 0 Å². The topological polar surface area (TPSA) is 70.1 Å². The van der Waals surface area contributed by atoms with E-state index in [0.29, 0.717) is 0 Å². The smallest absolute Gasteiger partial charge is 0.274 e. The van der Waals surface area contributed by atoms with Crippen LogP contribution in [0.25, 0.3) is 10.9 Å².